The molecular weight excluding hydrogens is 417 g/mol. The summed E-state index contributed by atoms with van der Waals surface area (Å²) in [6.45, 7) is 6.00. The maximum absolute atomic E-state index is 5.92. The fourth-order valence-electron chi connectivity index (χ4n) is 2.67. The number of guanidine groups is 1. The topological polar surface area (TPSA) is 54.9 Å². The number of para-hydroxylation sites is 1. The summed E-state index contributed by atoms with van der Waals surface area (Å²) >= 11 is 0. The van der Waals surface area contributed by atoms with Gasteiger partial charge in [-0.15, -0.1) is 24.0 Å². The summed E-state index contributed by atoms with van der Waals surface area (Å²) in [6, 6.07) is 8.22. The maximum Gasteiger partial charge on any atom is 0.191 e. The zero-order chi connectivity index (χ0) is 15.9. The molecule has 1 fully saturated rings. The van der Waals surface area contributed by atoms with E-state index >= 15 is 0 Å². The van der Waals surface area contributed by atoms with E-state index in [1.54, 1.807) is 0 Å². The van der Waals surface area contributed by atoms with Gasteiger partial charge in [-0.05, 0) is 37.3 Å². The molecule has 0 spiro atoms. The van der Waals surface area contributed by atoms with Crippen molar-refractivity contribution >= 4 is 29.9 Å². The zero-order valence-electron chi connectivity index (χ0n) is 14.3. The number of ether oxygens (including phenoxy) is 2. The Morgan fingerprint density at radius 3 is 2.88 bits per heavy atom. The largest absolute Gasteiger partial charge is 0.488 e. The number of rotatable bonds is 8. The molecule has 1 aromatic carbocycles. The van der Waals surface area contributed by atoms with Gasteiger partial charge in [0.2, 0.25) is 0 Å². The molecule has 1 atom stereocenters. The first-order chi connectivity index (χ1) is 11.3. The molecule has 0 radical (unpaired) electrons. The Bertz CT molecular complexity index is 510. The second-order valence-electron chi connectivity index (χ2n) is 6.22. The zero-order valence-corrected chi connectivity index (χ0v) is 16.6. The van der Waals surface area contributed by atoms with E-state index in [0.29, 0.717) is 6.54 Å². The minimum absolute atomic E-state index is 0. The summed E-state index contributed by atoms with van der Waals surface area (Å²) in [5.74, 6) is 2.65. The average molecular weight is 445 g/mol. The van der Waals surface area contributed by atoms with Gasteiger partial charge in [-0.2, -0.15) is 0 Å². The standard InChI is InChI=1S/C18H27N3O2.HI/c1-2-19-18(20-9-10-22-13-14-7-8-14)21-12-16-11-15-5-3-4-6-17(15)23-16;/h3-6,14,16H,2,7-13H2,1H3,(H2,19,20,21);1H. The van der Waals surface area contributed by atoms with Crippen LogP contribution in [0.2, 0.25) is 0 Å². The molecule has 0 bridgehead atoms. The van der Waals surface area contributed by atoms with Crippen molar-refractivity contribution in [2.75, 3.05) is 32.8 Å². The predicted octanol–water partition coefficient (Wildman–Crippen LogP) is 2.59. The maximum atomic E-state index is 5.92. The summed E-state index contributed by atoms with van der Waals surface area (Å²) < 4.78 is 11.6. The normalized spacial score (nSPS) is 19.2. The average Bonchev–Trinajstić information content (AvgIpc) is 3.29. The minimum Gasteiger partial charge on any atom is -0.488 e. The van der Waals surface area contributed by atoms with E-state index in [2.05, 4.69) is 34.7 Å². The van der Waals surface area contributed by atoms with Gasteiger partial charge in [0.15, 0.2) is 5.96 Å². The molecule has 134 valence electrons. The van der Waals surface area contributed by atoms with Crippen molar-refractivity contribution in [3.8, 4) is 5.75 Å². The molecule has 5 nitrogen and oxygen atoms in total. The quantitative estimate of drug-likeness (QED) is 0.280. The highest BCUT2D eigenvalue weighted by molar-refractivity contribution is 14.0. The summed E-state index contributed by atoms with van der Waals surface area (Å²) in [5.41, 5.74) is 1.28. The van der Waals surface area contributed by atoms with Gasteiger partial charge in [0, 0.05) is 26.1 Å². The number of fused-ring (bicyclic) bond motifs is 1. The van der Waals surface area contributed by atoms with Gasteiger partial charge in [-0.25, -0.2) is 4.99 Å². The van der Waals surface area contributed by atoms with Crippen LogP contribution in [0.3, 0.4) is 0 Å². The number of hydrogen-bond acceptors (Lipinski definition) is 3. The Morgan fingerprint density at radius 2 is 2.12 bits per heavy atom. The first-order valence-corrected chi connectivity index (χ1v) is 8.69. The van der Waals surface area contributed by atoms with E-state index in [1.807, 2.05) is 12.1 Å². The fourth-order valence-corrected chi connectivity index (χ4v) is 2.67. The van der Waals surface area contributed by atoms with Gasteiger partial charge in [0.1, 0.15) is 11.9 Å². The number of halogens is 1. The van der Waals surface area contributed by atoms with Gasteiger partial charge in [0.05, 0.1) is 13.2 Å². The number of benzene rings is 1. The second-order valence-corrected chi connectivity index (χ2v) is 6.22. The van der Waals surface area contributed by atoms with Crippen molar-refractivity contribution in [1.82, 2.24) is 10.6 Å². The van der Waals surface area contributed by atoms with Gasteiger partial charge in [-0.3, -0.25) is 0 Å². The number of nitrogens with one attached hydrogen (secondary N) is 2. The van der Waals surface area contributed by atoms with Crippen LogP contribution in [0.1, 0.15) is 25.3 Å². The highest BCUT2D eigenvalue weighted by Gasteiger charge is 2.22. The lowest BCUT2D eigenvalue weighted by atomic mass is 10.1. The first-order valence-electron chi connectivity index (χ1n) is 8.69. The van der Waals surface area contributed by atoms with Crippen molar-refractivity contribution < 1.29 is 9.47 Å². The van der Waals surface area contributed by atoms with E-state index in [0.717, 1.165) is 50.4 Å². The molecule has 1 aliphatic carbocycles. The Kier molecular flexibility index (Phi) is 8.11. The van der Waals surface area contributed by atoms with Crippen LogP contribution in [0.5, 0.6) is 5.75 Å². The predicted molar refractivity (Wildman–Crippen MR) is 108 cm³/mol. The molecule has 0 saturated heterocycles. The molecule has 1 aromatic rings. The Morgan fingerprint density at radius 1 is 1.29 bits per heavy atom. The summed E-state index contributed by atoms with van der Waals surface area (Å²) in [4.78, 5) is 4.64. The third-order valence-electron chi connectivity index (χ3n) is 4.10. The molecule has 0 aromatic heterocycles. The third-order valence-corrected chi connectivity index (χ3v) is 4.10. The number of aliphatic imine (C=N–C) groups is 1. The van der Waals surface area contributed by atoms with Gasteiger partial charge in [-0.1, -0.05) is 18.2 Å². The lowest BCUT2D eigenvalue weighted by Crippen LogP contribution is -2.39. The highest BCUT2D eigenvalue weighted by Crippen LogP contribution is 2.29. The smallest absolute Gasteiger partial charge is 0.191 e. The monoisotopic (exact) mass is 445 g/mol. The van der Waals surface area contributed by atoms with E-state index in [1.165, 1.54) is 18.4 Å². The Hall–Kier alpha value is -1.02. The molecule has 3 rings (SSSR count). The summed E-state index contributed by atoms with van der Waals surface area (Å²) in [7, 11) is 0. The van der Waals surface area contributed by atoms with E-state index in [-0.39, 0.29) is 30.1 Å². The van der Waals surface area contributed by atoms with Crippen molar-refractivity contribution in [2.45, 2.75) is 32.3 Å². The van der Waals surface area contributed by atoms with Crippen LogP contribution in [-0.4, -0.2) is 44.9 Å². The molecule has 1 heterocycles. The van der Waals surface area contributed by atoms with Crippen LogP contribution in [0.4, 0.5) is 0 Å². The van der Waals surface area contributed by atoms with Crippen LogP contribution in [0.15, 0.2) is 29.3 Å². The second kappa shape index (κ2) is 10.1. The molecule has 1 unspecified atom stereocenters. The lowest BCUT2D eigenvalue weighted by Gasteiger charge is -2.13. The fraction of sp³-hybridized carbons (Fsp3) is 0.611. The van der Waals surface area contributed by atoms with Crippen molar-refractivity contribution in [3.05, 3.63) is 29.8 Å². The van der Waals surface area contributed by atoms with Crippen molar-refractivity contribution in [3.63, 3.8) is 0 Å². The first kappa shape index (κ1) is 19.3. The molecule has 0 amide bonds. The number of nitrogens with zero attached hydrogens (tertiary/aromatic N) is 1. The van der Waals surface area contributed by atoms with Crippen LogP contribution >= 0.6 is 24.0 Å². The van der Waals surface area contributed by atoms with E-state index in [4.69, 9.17) is 9.47 Å². The van der Waals surface area contributed by atoms with E-state index < -0.39 is 0 Å². The molecular formula is C18H28IN3O2. The Balaban J connectivity index is 0.00000208. The summed E-state index contributed by atoms with van der Waals surface area (Å²) in [6.07, 6.45) is 3.74. The molecule has 1 saturated carbocycles. The van der Waals surface area contributed by atoms with Gasteiger partial charge < -0.3 is 20.1 Å². The van der Waals surface area contributed by atoms with Gasteiger partial charge >= 0.3 is 0 Å². The molecule has 2 N–H and O–H groups in total. The van der Waals surface area contributed by atoms with Gasteiger partial charge in [0.25, 0.3) is 0 Å². The van der Waals surface area contributed by atoms with Crippen LogP contribution in [-0.2, 0) is 11.2 Å². The van der Waals surface area contributed by atoms with Crippen molar-refractivity contribution in [2.24, 2.45) is 10.9 Å². The molecule has 1 aliphatic heterocycles. The summed E-state index contributed by atoms with van der Waals surface area (Å²) in [5, 5.41) is 6.59. The van der Waals surface area contributed by atoms with Crippen LogP contribution < -0.4 is 15.4 Å². The van der Waals surface area contributed by atoms with Crippen molar-refractivity contribution in [1.29, 1.82) is 0 Å². The Labute approximate surface area is 161 Å². The third kappa shape index (κ3) is 6.12. The highest BCUT2D eigenvalue weighted by atomic mass is 127. The van der Waals surface area contributed by atoms with Crippen LogP contribution in [0.25, 0.3) is 0 Å². The molecule has 6 heteroatoms. The molecule has 24 heavy (non-hydrogen) atoms. The van der Waals surface area contributed by atoms with Crippen LogP contribution in [0, 0.1) is 5.92 Å². The minimum atomic E-state index is 0. The lowest BCUT2D eigenvalue weighted by molar-refractivity contribution is 0.129. The SMILES string of the molecule is CCNC(=NCC1Cc2ccccc2O1)NCCOCC1CC1.I. The van der Waals surface area contributed by atoms with E-state index in [9.17, 15) is 0 Å². The number of hydrogen-bond donors (Lipinski definition) is 2. The molecule has 2 aliphatic rings.